The summed E-state index contributed by atoms with van der Waals surface area (Å²) in [6.07, 6.45) is 5.59. The molecule has 5 heteroatoms. The van der Waals surface area contributed by atoms with E-state index in [1.165, 1.54) is 0 Å². The van der Waals surface area contributed by atoms with Crippen molar-refractivity contribution in [1.82, 2.24) is 10.3 Å². The van der Waals surface area contributed by atoms with Gasteiger partial charge in [0.05, 0.1) is 11.8 Å². The molecule has 134 valence electrons. The topological polar surface area (TPSA) is 42.0 Å². The number of aromatic nitrogens is 1. The molecule has 0 saturated heterocycles. The number of amides is 1. The van der Waals surface area contributed by atoms with E-state index in [0.29, 0.717) is 16.7 Å². The van der Waals surface area contributed by atoms with Gasteiger partial charge >= 0.3 is 0 Å². The number of benzene rings is 1. The van der Waals surface area contributed by atoms with Crippen LogP contribution in [0.15, 0.2) is 48.8 Å². The molecule has 25 heavy (non-hydrogen) atoms. The Morgan fingerprint density at radius 2 is 1.96 bits per heavy atom. The summed E-state index contributed by atoms with van der Waals surface area (Å²) in [5.74, 6) is 1.91. The Morgan fingerprint density at radius 3 is 2.60 bits per heavy atom. The summed E-state index contributed by atoms with van der Waals surface area (Å²) >= 11 is 7.59. The molecular formula is C20H25ClN2OS. The number of nitrogens with zero attached hydrogens (tertiary/aromatic N) is 1. The first-order valence-electron chi connectivity index (χ1n) is 8.56. The lowest BCUT2D eigenvalue weighted by Crippen LogP contribution is -2.30. The van der Waals surface area contributed by atoms with E-state index in [2.05, 4.69) is 24.1 Å². The molecule has 1 N–H and O–H groups in total. The average Bonchev–Trinajstić information content (AvgIpc) is 2.60. The molecule has 1 amide bonds. The zero-order valence-electron chi connectivity index (χ0n) is 14.7. The summed E-state index contributed by atoms with van der Waals surface area (Å²) in [5, 5.41) is 3.89. The monoisotopic (exact) mass is 376 g/mol. The number of rotatable bonds is 9. The van der Waals surface area contributed by atoms with Gasteiger partial charge in [0.1, 0.15) is 0 Å². The number of carbonyl (C=O) groups excluding carboxylic acids is 1. The normalized spacial score (nSPS) is 12.2. The highest BCUT2D eigenvalue weighted by atomic mass is 35.5. The predicted octanol–water partition coefficient (Wildman–Crippen LogP) is 5.26. The van der Waals surface area contributed by atoms with Crippen molar-refractivity contribution in [2.45, 2.75) is 38.5 Å². The van der Waals surface area contributed by atoms with Crippen molar-refractivity contribution in [3.8, 4) is 0 Å². The highest BCUT2D eigenvalue weighted by molar-refractivity contribution is 7.99. The Balaban J connectivity index is 1.88. The van der Waals surface area contributed by atoms with Gasteiger partial charge in [0.15, 0.2) is 0 Å². The Morgan fingerprint density at radius 1 is 1.20 bits per heavy atom. The summed E-state index contributed by atoms with van der Waals surface area (Å²) in [7, 11) is 0. The second-order valence-electron chi connectivity index (χ2n) is 6.50. The maximum absolute atomic E-state index is 12.4. The van der Waals surface area contributed by atoms with Crippen LogP contribution in [0, 0.1) is 5.92 Å². The molecule has 1 unspecified atom stereocenters. The first-order chi connectivity index (χ1) is 12.0. The van der Waals surface area contributed by atoms with E-state index in [9.17, 15) is 4.79 Å². The van der Waals surface area contributed by atoms with Crippen LogP contribution in [0.5, 0.6) is 0 Å². The highest BCUT2D eigenvalue weighted by Crippen LogP contribution is 2.23. The van der Waals surface area contributed by atoms with Gasteiger partial charge in [-0.25, -0.2) is 0 Å². The van der Waals surface area contributed by atoms with Gasteiger partial charge in [0, 0.05) is 23.2 Å². The molecule has 0 spiro atoms. The van der Waals surface area contributed by atoms with Gasteiger partial charge in [0.25, 0.3) is 0 Å². The van der Waals surface area contributed by atoms with Crippen LogP contribution in [0.4, 0.5) is 0 Å². The van der Waals surface area contributed by atoms with Gasteiger partial charge in [0.2, 0.25) is 5.91 Å². The molecule has 2 rings (SSSR count). The lowest BCUT2D eigenvalue weighted by atomic mass is 9.97. The van der Waals surface area contributed by atoms with Crippen LogP contribution in [-0.2, 0) is 10.5 Å². The summed E-state index contributed by atoms with van der Waals surface area (Å²) in [5.41, 5.74) is 2.24. The Labute approximate surface area is 159 Å². The van der Waals surface area contributed by atoms with Crippen molar-refractivity contribution in [2.75, 3.05) is 5.75 Å². The molecular weight excluding hydrogens is 352 g/mol. The highest BCUT2D eigenvalue weighted by Gasteiger charge is 2.15. The fourth-order valence-corrected chi connectivity index (χ4v) is 3.40. The number of hydrogen-bond acceptors (Lipinski definition) is 3. The molecule has 0 aliphatic carbocycles. The molecule has 2 aromatic rings. The van der Waals surface area contributed by atoms with E-state index in [1.54, 1.807) is 18.0 Å². The lowest BCUT2D eigenvalue weighted by Gasteiger charge is -2.20. The van der Waals surface area contributed by atoms with Crippen LogP contribution in [0.1, 0.15) is 43.9 Å². The van der Waals surface area contributed by atoms with E-state index < -0.39 is 0 Å². The molecule has 1 aromatic heterocycles. The molecule has 0 bridgehead atoms. The Kier molecular flexibility index (Phi) is 8.29. The van der Waals surface area contributed by atoms with Crippen molar-refractivity contribution >= 4 is 29.3 Å². The minimum Gasteiger partial charge on any atom is -0.349 e. The molecule has 0 aliphatic heterocycles. The molecule has 0 radical (unpaired) electrons. The number of carbonyl (C=O) groups is 1. The van der Waals surface area contributed by atoms with Gasteiger partial charge in [-0.2, -0.15) is 0 Å². The van der Waals surface area contributed by atoms with Crippen LogP contribution < -0.4 is 5.32 Å². The van der Waals surface area contributed by atoms with Crippen molar-refractivity contribution in [3.63, 3.8) is 0 Å². The second-order valence-corrected chi connectivity index (χ2v) is 7.92. The Hall–Kier alpha value is -1.52. The van der Waals surface area contributed by atoms with E-state index in [-0.39, 0.29) is 11.9 Å². The van der Waals surface area contributed by atoms with Crippen LogP contribution >= 0.6 is 23.4 Å². The summed E-state index contributed by atoms with van der Waals surface area (Å²) in [6.45, 7) is 4.40. The van der Waals surface area contributed by atoms with E-state index >= 15 is 0 Å². The zero-order chi connectivity index (χ0) is 18.1. The maximum atomic E-state index is 12.4. The van der Waals surface area contributed by atoms with Crippen LogP contribution in [0.3, 0.4) is 0 Å². The largest absolute Gasteiger partial charge is 0.349 e. The molecule has 0 fully saturated rings. The fraction of sp³-hybridized carbons (Fsp3) is 0.400. The first-order valence-corrected chi connectivity index (χ1v) is 10.1. The predicted molar refractivity (Wildman–Crippen MR) is 107 cm³/mol. The average molecular weight is 377 g/mol. The van der Waals surface area contributed by atoms with E-state index in [0.717, 1.165) is 29.7 Å². The third kappa shape index (κ3) is 7.49. The minimum atomic E-state index is 0.0335. The van der Waals surface area contributed by atoms with Crippen molar-refractivity contribution in [3.05, 3.63) is 64.9 Å². The number of halogens is 1. The third-order valence-electron chi connectivity index (χ3n) is 3.86. The summed E-state index contributed by atoms with van der Waals surface area (Å²) in [6, 6.07) is 11.7. The minimum absolute atomic E-state index is 0.0335. The molecule has 1 aromatic carbocycles. The molecule has 1 heterocycles. The second kappa shape index (κ2) is 10.5. The third-order valence-corrected chi connectivity index (χ3v) is 5.12. The molecule has 1 atom stereocenters. The van der Waals surface area contributed by atoms with Crippen molar-refractivity contribution in [2.24, 2.45) is 5.92 Å². The number of pyridine rings is 1. The smallest absolute Gasteiger partial charge is 0.230 e. The summed E-state index contributed by atoms with van der Waals surface area (Å²) < 4.78 is 0. The number of nitrogens with one attached hydrogen (secondary N) is 1. The number of thioether (sulfide) groups is 1. The SMILES string of the molecule is CC(C)CCC(NC(=O)CSCc1cccnc1)c1ccc(Cl)cc1. The first kappa shape index (κ1) is 19.8. The van der Waals surface area contributed by atoms with E-state index in [4.69, 9.17) is 11.6 Å². The molecule has 0 aliphatic rings. The fourth-order valence-electron chi connectivity index (χ4n) is 2.50. The number of hydrogen-bond donors (Lipinski definition) is 1. The van der Waals surface area contributed by atoms with Crippen LogP contribution in [0.2, 0.25) is 5.02 Å². The standard InChI is InChI=1S/C20H25ClN2OS/c1-15(2)5-10-19(17-6-8-18(21)9-7-17)23-20(24)14-25-13-16-4-3-11-22-12-16/h3-4,6-9,11-12,15,19H,5,10,13-14H2,1-2H3,(H,23,24). The van der Waals surface area contributed by atoms with Crippen LogP contribution in [0.25, 0.3) is 0 Å². The quantitative estimate of drug-likeness (QED) is 0.648. The van der Waals surface area contributed by atoms with Gasteiger partial charge in [-0.1, -0.05) is 43.6 Å². The Bertz CT molecular complexity index is 647. The van der Waals surface area contributed by atoms with Crippen molar-refractivity contribution < 1.29 is 4.79 Å². The molecule has 3 nitrogen and oxygen atoms in total. The van der Waals surface area contributed by atoms with Crippen molar-refractivity contribution in [1.29, 1.82) is 0 Å². The zero-order valence-corrected chi connectivity index (χ0v) is 16.3. The van der Waals surface area contributed by atoms with Crippen LogP contribution in [-0.4, -0.2) is 16.6 Å². The maximum Gasteiger partial charge on any atom is 0.230 e. The van der Waals surface area contributed by atoms with Gasteiger partial charge in [-0.15, -0.1) is 11.8 Å². The molecule has 0 saturated carbocycles. The van der Waals surface area contributed by atoms with E-state index in [1.807, 2.05) is 42.6 Å². The lowest BCUT2D eigenvalue weighted by molar-refractivity contribution is -0.119. The van der Waals surface area contributed by atoms with Gasteiger partial charge in [-0.3, -0.25) is 9.78 Å². The van der Waals surface area contributed by atoms with Gasteiger partial charge in [-0.05, 0) is 48.1 Å². The van der Waals surface area contributed by atoms with Gasteiger partial charge < -0.3 is 5.32 Å². The summed E-state index contributed by atoms with van der Waals surface area (Å²) in [4.78, 5) is 16.4.